The summed E-state index contributed by atoms with van der Waals surface area (Å²) in [5.74, 6) is 2.00. The largest absolute Gasteiger partial charge is 0.362 e. The molecule has 6 heteroatoms. The predicted molar refractivity (Wildman–Crippen MR) is 79.3 cm³/mol. The van der Waals surface area contributed by atoms with Gasteiger partial charge in [-0.05, 0) is 43.2 Å². The van der Waals surface area contributed by atoms with Gasteiger partial charge in [0.15, 0.2) is 5.65 Å². The van der Waals surface area contributed by atoms with Crippen molar-refractivity contribution in [1.29, 1.82) is 0 Å². The van der Waals surface area contributed by atoms with E-state index in [1.54, 1.807) is 25.3 Å². The molecule has 0 radical (unpaired) electrons. The van der Waals surface area contributed by atoms with Crippen molar-refractivity contribution in [3.63, 3.8) is 0 Å². The highest BCUT2D eigenvalue weighted by atomic mass is 19.1. The minimum Gasteiger partial charge on any atom is -0.362 e. The molecule has 2 heterocycles. The molecule has 0 saturated heterocycles. The normalized spacial score (nSPS) is 12.1. The van der Waals surface area contributed by atoms with Gasteiger partial charge in [-0.25, -0.2) is 18.3 Å². The molecule has 2 aromatic heterocycles. The Morgan fingerprint density at radius 3 is 2.86 bits per heavy atom. The smallest absolute Gasteiger partial charge is 0.155 e. The van der Waals surface area contributed by atoms with Crippen LogP contribution < -0.4 is 5.32 Å². The van der Waals surface area contributed by atoms with Gasteiger partial charge in [0.25, 0.3) is 0 Å². The molecule has 1 unspecified atom stereocenters. The Bertz CT molecular complexity index is 879. The van der Waals surface area contributed by atoms with E-state index in [9.17, 15) is 8.78 Å². The van der Waals surface area contributed by atoms with Crippen LogP contribution in [0, 0.1) is 24.0 Å². The standard InChI is InChI=1S/C16H12F2N4/c1-3-12-9-19-16-7-6-15(21-22(12)16)20-10(2)13-8-11(17)4-5-14(13)18/h1,4-10H,2H3,(H,20,21). The molecule has 1 atom stereocenters. The summed E-state index contributed by atoms with van der Waals surface area (Å²) in [6.07, 6.45) is 6.92. The number of hydrogen-bond donors (Lipinski definition) is 1. The second-order valence-electron chi connectivity index (χ2n) is 4.81. The molecule has 0 amide bonds. The Labute approximate surface area is 125 Å². The van der Waals surface area contributed by atoms with Crippen LogP contribution in [0.1, 0.15) is 24.2 Å². The van der Waals surface area contributed by atoms with Crippen molar-refractivity contribution in [2.75, 3.05) is 5.32 Å². The Kier molecular flexibility index (Phi) is 3.47. The van der Waals surface area contributed by atoms with Gasteiger partial charge in [-0.2, -0.15) is 0 Å². The Balaban J connectivity index is 1.92. The van der Waals surface area contributed by atoms with Crippen LogP contribution in [-0.2, 0) is 0 Å². The monoisotopic (exact) mass is 298 g/mol. The van der Waals surface area contributed by atoms with Gasteiger partial charge in [0.1, 0.15) is 23.1 Å². The molecule has 0 saturated carbocycles. The predicted octanol–water partition coefficient (Wildman–Crippen LogP) is 3.16. The number of rotatable bonds is 3. The molecule has 3 aromatic rings. The summed E-state index contributed by atoms with van der Waals surface area (Å²) in [6.45, 7) is 1.72. The van der Waals surface area contributed by atoms with E-state index < -0.39 is 17.7 Å². The first kappa shape index (κ1) is 14.0. The van der Waals surface area contributed by atoms with Crippen molar-refractivity contribution in [1.82, 2.24) is 14.6 Å². The van der Waals surface area contributed by atoms with Crippen molar-refractivity contribution in [3.8, 4) is 12.3 Å². The highest BCUT2D eigenvalue weighted by Gasteiger charge is 2.13. The minimum atomic E-state index is -0.488. The molecule has 110 valence electrons. The highest BCUT2D eigenvalue weighted by molar-refractivity contribution is 5.48. The number of imidazole rings is 1. The molecule has 0 spiro atoms. The van der Waals surface area contributed by atoms with Crippen LogP contribution >= 0.6 is 0 Å². The van der Waals surface area contributed by atoms with Crippen LogP contribution in [0.3, 0.4) is 0 Å². The molecule has 1 aromatic carbocycles. The number of fused-ring (bicyclic) bond motifs is 1. The molecule has 22 heavy (non-hydrogen) atoms. The number of aromatic nitrogens is 3. The van der Waals surface area contributed by atoms with Crippen LogP contribution in [0.15, 0.2) is 36.5 Å². The quantitative estimate of drug-likeness (QED) is 0.755. The molecular formula is C16H12F2N4. The number of nitrogens with one attached hydrogen (secondary N) is 1. The zero-order valence-corrected chi connectivity index (χ0v) is 11.7. The van der Waals surface area contributed by atoms with Crippen molar-refractivity contribution < 1.29 is 8.78 Å². The summed E-state index contributed by atoms with van der Waals surface area (Å²) in [7, 11) is 0. The topological polar surface area (TPSA) is 42.2 Å². The van der Waals surface area contributed by atoms with Gasteiger partial charge in [0.05, 0.1) is 12.2 Å². The van der Waals surface area contributed by atoms with Gasteiger partial charge >= 0.3 is 0 Å². The molecule has 3 rings (SSSR count). The molecule has 0 bridgehead atoms. The second-order valence-corrected chi connectivity index (χ2v) is 4.81. The maximum absolute atomic E-state index is 13.8. The third-order valence-electron chi connectivity index (χ3n) is 3.30. The molecule has 4 nitrogen and oxygen atoms in total. The van der Waals surface area contributed by atoms with E-state index in [4.69, 9.17) is 6.42 Å². The summed E-state index contributed by atoms with van der Waals surface area (Å²) in [5.41, 5.74) is 1.36. The summed E-state index contributed by atoms with van der Waals surface area (Å²) in [5, 5.41) is 7.33. The summed E-state index contributed by atoms with van der Waals surface area (Å²) in [4.78, 5) is 4.11. The maximum Gasteiger partial charge on any atom is 0.155 e. The number of nitrogens with zero attached hydrogens (tertiary/aromatic N) is 3. The lowest BCUT2D eigenvalue weighted by Gasteiger charge is -2.15. The molecule has 0 aliphatic carbocycles. The molecule has 0 aliphatic heterocycles. The first-order valence-corrected chi connectivity index (χ1v) is 6.61. The fourth-order valence-electron chi connectivity index (χ4n) is 2.19. The first-order valence-electron chi connectivity index (χ1n) is 6.61. The average Bonchev–Trinajstić information content (AvgIpc) is 2.92. The SMILES string of the molecule is C#Cc1cnc2ccc(NC(C)c3cc(F)ccc3F)nn12. The fraction of sp³-hybridized carbons (Fsp3) is 0.125. The lowest BCUT2D eigenvalue weighted by atomic mass is 10.1. The lowest BCUT2D eigenvalue weighted by Crippen LogP contribution is -2.11. The number of halogens is 2. The fourth-order valence-corrected chi connectivity index (χ4v) is 2.19. The van der Waals surface area contributed by atoms with E-state index in [0.29, 0.717) is 17.2 Å². The Morgan fingerprint density at radius 1 is 1.27 bits per heavy atom. The number of terminal acetylenes is 1. The highest BCUT2D eigenvalue weighted by Crippen LogP contribution is 2.22. The van der Waals surface area contributed by atoms with E-state index in [1.165, 1.54) is 4.52 Å². The maximum atomic E-state index is 13.8. The zero-order valence-electron chi connectivity index (χ0n) is 11.7. The average molecular weight is 298 g/mol. The van der Waals surface area contributed by atoms with Crippen molar-refractivity contribution in [2.45, 2.75) is 13.0 Å². The van der Waals surface area contributed by atoms with Gasteiger partial charge in [-0.3, -0.25) is 0 Å². The van der Waals surface area contributed by atoms with Gasteiger partial charge in [-0.1, -0.05) is 0 Å². The van der Waals surface area contributed by atoms with Crippen LogP contribution in [0.5, 0.6) is 0 Å². The van der Waals surface area contributed by atoms with Gasteiger partial charge in [0.2, 0.25) is 0 Å². The number of hydrogen-bond acceptors (Lipinski definition) is 3. The zero-order chi connectivity index (χ0) is 15.7. The van der Waals surface area contributed by atoms with E-state index in [0.717, 1.165) is 18.2 Å². The van der Waals surface area contributed by atoms with E-state index in [2.05, 4.69) is 21.3 Å². The first-order chi connectivity index (χ1) is 10.6. The van der Waals surface area contributed by atoms with E-state index >= 15 is 0 Å². The van der Waals surface area contributed by atoms with Gasteiger partial charge < -0.3 is 5.32 Å². The van der Waals surface area contributed by atoms with E-state index in [-0.39, 0.29) is 5.56 Å². The van der Waals surface area contributed by atoms with Crippen LogP contribution in [0.25, 0.3) is 5.65 Å². The molecule has 0 fully saturated rings. The lowest BCUT2D eigenvalue weighted by molar-refractivity contribution is 0.576. The van der Waals surface area contributed by atoms with Crippen LogP contribution in [0.2, 0.25) is 0 Å². The van der Waals surface area contributed by atoms with Crippen LogP contribution in [0.4, 0.5) is 14.6 Å². The third-order valence-corrected chi connectivity index (χ3v) is 3.30. The summed E-state index contributed by atoms with van der Waals surface area (Å²) < 4.78 is 28.6. The van der Waals surface area contributed by atoms with Crippen molar-refractivity contribution >= 4 is 11.5 Å². The molecule has 1 N–H and O–H groups in total. The van der Waals surface area contributed by atoms with E-state index in [1.807, 2.05) is 0 Å². The van der Waals surface area contributed by atoms with Crippen molar-refractivity contribution in [3.05, 3.63) is 59.4 Å². The summed E-state index contributed by atoms with van der Waals surface area (Å²) >= 11 is 0. The second kappa shape index (κ2) is 5.45. The Morgan fingerprint density at radius 2 is 2.09 bits per heavy atom. The number of anilines is 1. The van der Waals surface area contributed by atoms with Gasteiger partial charge in [-0.15, -0.1) is 11.5 Å². The molecular weight excluding hydrogens is 286 g/mol. The molecule has 0 aliphatic rings. The van der Waals surface area contributed by atoms with Crippen LogP contribution in [-0.4, -0.2) is 14.6 Å². The number of benzene rings is 1. The van der Waals surface area contributed by atoms with Gasteiger partial charge in [0, 0.05) is 5.56 Å². The van der Waals surface area contributed by atoms with Crippen molar-refractivity contribution in [2.24, 2.45) is 0 Å². The Hall–Kier alpha value is -2.94. The third kappa shape index (κ3) is 2.49. The summed E-state index contributed by atoms with van der Waals surface area (Å²) in [6, 6.07) is 6.33. The minimum absolute atomic E-state index is 0.227.